The number of aromatic nitrogens is 3. The Morgan fingerprint density at radius 3 is 2.92 bits per heavy atom. The van der Waals surface area contributed by atoms with Crippen LogP contribution in [0.3, 0.4) is 0 Å². The maximum atomic E-state index is 12.4. The van der Waals surface area contributed by atoms with Crippen molar-refractivity contribution in [3.63, 3.8) is 0 Å². The zero-order valence-corrected chi connectivity index (χ0v) is 15.4. The summed E-state index contributed by atoms with van der Waals surface area (Å²) in [4.78, 5) is 12.4. The maximum absolute atomic E-state index is 12.4. The molecule has 130 valence electrons. The van der Waals surface area contributed by atoms with Gasteiger partial charge in [0.1, 0.15) is 16.6 Å². The molecule has 3 aromatic rings. The topological polar surface area (TPSA) is 83.6 Å². The molecule has 0 saturated heterocycles. The van der Waals surface area contributed by atoms with Crippen LogP contribution in [0, 0.1) is 11.3 Å². The second kappa shape index (κ2) is 7.95. The lowest BCUT2D eigenvalue weighted by Crippen LogP contribution is -2.13. The SMILES string of the molecule is CCc1nnc(NC(=O)/C(C#N)=C\c2cccn2-c2cccc(Cl)c2)s1. The fraction of sp³-hybridized carbons (Fsp3) is 0.111. The average Bonchev–Trinajstić information content (AvgIpc) is 3.28. The van der Waals surface area contributed by atoms with Gasteiger partial charge in [0.2, 0.25) is 5.13 Å². The van der Waals surface area contributed by atoms with Gasteiger partial charge < -0.3 is 4.57 Å². The third-order valence-corrected chi connectivity index (χ3v) is 4.73. The van der Waals surface area contributed by atoms with Crippen LogP contribution in [0.5, 0.6) is 0 Å². The van der Waals surface area contributed by atoms with E-state index in [4.69, 9.17) is 11.6 Å². The van der Waals surface area contributed by atoms with Gasteiger partial charge in [-0.1, -0.05) is 35.9 Å². The van der Waals surface area contributed by atoms with Gasteiger partial charge in [-0.15, -0.1) is 10.2 Å². The van der Waals surface area contributed by atoms with E-state index in [1.54, 1.807) is 12.1 Å². The van der Waals surface area contributed by atoms with Gasteiger partial charge in [-0.25, -0.2) is 0 Å². The number of amides is 1. The number of halogens is 1. The van der Waals surface area contributed by atoms with Crippen molar-refractivity contribution >= 4 is 40.1 Å². The standard InChI is InChI=1S/C18H14ClN5OS/c1-2-16-22-23-18(26-16)21-17(25)12(11-20)9-14-7-4-8-24(14)15-6-3-5-13(19)10-15/h3-10H,2H2,1H3,(H,21,23,25)/b12-9-. The first-order valence-corrected chi connectivity index (χ1v) is 8.99. The van der Waals surface area contributed by atoms with Gasteiger partial charge in [-0.05, 0) is 42.8 Å². The van der Waals surface area contributed by atoms with Crippen molar-refractivity contribution in [1.82, 2.24) is 14.8 Å². The molecule has 0 fully saturated rings. The first-order valence-electron chi connectivity index (χ1n) is 7.79. The Balaban J connectivity index is 1.87. The van der Waals surface area contributed by atoms with Crippen molar-refractivity contribution in [3.8, 4) is 11.8 Å². The molecule has 0 atom stereocenters. The summed E-state index contributed by atoms with van der Waals surface area (Å²) < 4.78 is 1.84. The molecule has 0 spiro atoms. The van der Waals surface area contributed by atoms with Crippen molar-refractivity contribution in [2.45, 2.75) is 13.3 Å². The summed E-state index contributed by atoms with van der Waals surface area (Å²) in [7, 11) is 0. The van der Waals surface area contributed by atoms with E-state index < -0.39 is 5.91 Å². The van der Waals surface area contributed by atoms with Crippen LogP contribution in [0.15, 0.2) is 48.2 Å². The number of aryl methyl sites for hydroxylation is 1. The number of hydrogen-bond donors (Lipinski definition) is 1. The predicted octanol–water partition coefficient (Wildman–Crippen LogP) is 4.09. The van der Waals surface area contributed by atoms with Crippen LogP contribution >= 0.6 is 22.9 Å². The van der Waals surface area contributed by atoms with Gasteiger partial charge in [-0.3, -0.25) is 10.1 Å². The second-order valence-electron chi connectivity index (χ2n) is 5.26. The first kappa shape index (κ1) is 17.9. The smallest absolute Gasteiger partial charge is 0.268 e. The van der Waals surface area contributed by atoms with E-state index >= 15 is 0 Å². The summed E-state index contributed by atoms with van der Waals surface area (Å²) in [6.45, 7) is 1.96. The van der Waals surface area contributed by atoms with Crippen LogP contribution < -0.4 is 5.32 Å². The molecule has 1 N–H and O–H groups in total. The van der Waals surface area contributed by atoms with Crippen molar-refractivity contribution in [3.05, 3.63) is 63.9 Å². The summed E-state index contributed by atoms with van der Waals surface area (Å²) in [5.41, 5.74) is 1.49. The molecule has 0 bridgehead atoms. The van der Waals surface area contributed by atoms with E-state index in [1.807, 2.05) is 48.0 Å². The Labute approximate surface area is 159 Å². The van der Waals surface area contributed by atoms with Crippen LogP contribution in [0.25, 0.3) is 11.8 Å². The normalized spacial score (nSPS) is 11.2. The highest BCUT2D eigenvalue weighted by Crippen LogP contribution is 2.20. The van der Waals surface area contributed by atoms with Crippen LogP contribution in [0.2, 0.25) is 5.02 Å². The molecule has 0 saturated carbocycles. The van der Waals surface area contributed by atoms with E-state index in [9.17, 15) is 10.1 Å². The van der Waals surface area contributed by atoms with Gasteiger partial charge in [0.05, 0.1) is 0 Å². The van der Waals surface area contributed by atoms with Crippen molar-refractivity contribution in [2.24, 2.45) is 0 Å². The van der Waals surface area contributed by atoms with Gasteiger partial charge in [0.15, 0.2) is 0 Å². The van der Waals surface area contributed by atoms with E-state index in [-0.39, 0.29) is 5.57 Å². The molecule has 0 aliphatic carbocycles. The minimum Gasteiger partial charge on any atom is -0.317 e. The zero-order valence-electron chi connectivity index (χ0n) is 13.8. The summed E-state index contributed by atoms with van der Waals surface area (Å²) in [6, 6.07) is 12.9. The summed E-state index contributed by atoms with van der Waals surface area (Å²) in [6.07, 6.45) is 4.10. The number of benzene rings is 1. The lowest BCUT2D eigenvalue weighted by molar-refractivity contribution is -0.112. The number of carbonyl (C=O) groups excluding carboxylic acids is 1. The number of carbonyl (C=O) groups is 1. The van der Waals surface area contributed by atoms with Crippen LogP contribution in [0.1, 0.15) is 17.6 Å². The number of anilines is 1. The largest absolute Gasteiger partial charge is 0.317 e. The van der Waals surface area contributed by atoms with E-state index in [0.717, 1.165) is 17.1 Å². The molecule has 2 heterocycles. The quantitative estimate of drug-likeness (QED) is 0.531. The Bertz CT molecular complexity index is 1010. The summed E-state index contributed by atoms with van der Waals surface area (Å²) in [5, 5.41) is 21.6. The Hall–Kier alpha value is -2.95. The molecule has 1 aromatic carbocycles. The molecular weight excluding hydrogens is 370 g/mol. The molecule has 0 radical (unpaired) electrons. The predicted molar refractivity (Wildman–Crippen MR) is 102 cm³/mol. The number of rotatable bonds is 5. The summed E-state index contributed by atoms with van der Waals surface area (Å²) >= 11 is 7.33. The third kappa shape index (κ3) is 3.99. The highest BCUT2D eigenvalue weighted by Gasteiger charge is 2.13. The fourth-order valence-corrected chi connectivity index (χ4v) is 3.14. The van der Waals surface area contributed by atoms with Crippen molar-refractivity contribution in [1.29, 1.82) is 5.26 Å². The highest BCUT2D eigenvalue weighted by molar-refractivity contribution is 7.15. The molecule has 0 unspecified atom stereocenters. The zero-order chi connectivity index (χ0) is 18.5. The average molecular weight is 384 g/mol. The van der Waals surface area contributed by atoms with Gasteiger partial charge in [-0.2, -0.15) is 5.26 Å². The minimum atomic E-state index is -0.523. The van der Waals surface area contributed by atoms with Crippen molar-refractivity contribution in [2.75, 3.05) is 5.32 Å². The summed E-state index contributed by atoms with van der Waals surface area (Å²) in [5.74, 6) is -0.523. The molecular formula is C18H14ClN5OS. The lowest BCUT2D eigenvalue weighted by atomic mass is 10.2. The number of nitrogens with zero attached hydrogens (tertiary/aromatic N) is 4. The van der Waals surface area contributed by atoms with E-state index in [1.165, 1.54) is 17.4 Å². The van der Waals surface area contributed by atoms with E-state index in [2.05, 4.69) is 15.5 Å². The molecule has 1 amide bonds. The van der Waals surface area contributed by atoms with Gasteiger partial charge in [0, 0.05) is 22.6 Å². The maximum Gasteiger partial charge on any atom is 0.268 e. The molecule has 0 aliphatic heterocycles. The number of nitrogens with one attached hydrogen (secondary N) is 1. The fourth-order valence-electron chi connectivity index (χ4n) is 2.28. The number of nitriles is 1. The van der Waals surface area contributed by atoms with Crippen LogP contribution in [-0.2, 0) is 11.2 Å². The molecule has 2 aromatic heterocycles. The second-order valence-corrected chi connectivity index (χ2v) is 6.76. The number of hydrogen-bond acceptors (Lipinski definition) is 5. The molecule has 0 aliphatic rings. The first-order chi connectivity index (χ1) is 12.6. The Morgan fingerprint density at radius 1 is 1.38 bits per heavy atom. The van der Waals surface area contributed by atoms with E-state index in [0.29, 0.717) is 15.8 Å². The Kier molecular flexibility index (Phi) is 5.46. The Morgan fingerprint density at radius 2 is 2.23 bits per heavy atom. The minimum absolute atomic E-state index is 0.0276. The van der Waals surface area contributed by atoms with Crippen molar-refractivity contribution < 1.29 is 4.79 Å². The van der Waals surface area contributed by atoms with Gasteiger partial charge in [0.25, 0.3) is 5.91 Å². The molecule has 3 rings (SSSR count). The monoisotopic (exact) mass is 383 g/mol. The third-order valence-electron chi connectivity index (χ3n) is 3.51. The van der Waals surface area contributed by atoms with Crippen LogP contribution in [-0.4, -0.2) is 20.7 Å². The molecule has 8 heteroatoms. The van der Waals surface area contributed by atoms with Crippen LogP contribution in [0.4, 0.5) is 5.13 Å². The molecule has 26 heavy (non-hydrogen) atoms. The highest BCUT2D eigenvalue weighted by atomic mass is 35.5. The lowest BCUT2D eigenvalue weighted by Gasteiger charge is -2.07. The molecule has 6 nitrogen and oxygen atoms in total. The van der Waals surface area contributed by atoms with Gasteiger partial charge >= 0.3 is 0 Å².